The second-order valence-electron chi connectivity index (χ2n) is 6.43. The second-order valence-corrected chi connectivity index (χ2v) is 6.43. The molecule has 0 aromatic heterocycles. The SMILES string of the molecule is CCCCOC1COC(CN=[N+]=[N-])C(OCCCC)C1OCCCC. The second kappa shape index (κ2) is 14.3. The Balaban J connectivity index is 2.79. The van der Waals surface area contributed by atoms with Gasteiger partial charge in [-0.2, -0.15) is 0 Å². The van der Waals surface area contributed by atoms with E-state index >= 15 is 0 Å². The van der Waals surface area contributed by atoms with Crippen LogP contribution in [-0.4, -0.2) is 57.4 Å². The quantitative estimate of drug-likeness (QED) is 0.201. The lowest BCUT2D eigenvalue weighted by Gasteiger charge is -2.42. The highest BCUT2D eigenvalue weighted by atomic mass is 16.6. The summed E-state index contributed by atoms with van der Waals surface area (Å²) in [6, 6.07) is 0. The molecule has 25 heavy (non-hydrogen) atoms. The predicted molar refractivity (Wildman–Crippen MR) is 97.7 cm³/mol. The normalized spacial score (nSPS) is 26.4. The van der Waals surface area contributed by atoms with Gasteiger partial charge in [0.05, 0.1) is 19.3 Å². The monoisotopic (exact) mass is 357 g/mol. The van der Waals surface area contributed by atoms with Crippen molar-refractivity contribution in [3.63, 3.8) is 0 Å². The summed E-state index contributed by atoms with van der Waals surface area (Å²) in [5, 5.41) is 3.68. The summed E-state index contributed by atoms with van der Waals surface area (Å²) in [6.45, 7) is 9.13. The van der Waals surface area contributed by atoms with Gasteiger partial charge in [-0.05, 0) is 24.8 Å². The fraction of sp³-hybridized carbons (Fsp3) is 1.00. The maximum Gasteiger partial charge on any atom is 0.115 e. The van der Waals surface area contributed by atoms with Crippen LogP contribution in [0.3, 0.4) is 0 Å². The molecule has 7 heteroatoms. The fourth-order valence-corrected chi connectivity index (χ4v) is 2.76. The van der Waals surface area contributed by atoms with E-state index in [2.05, 4.69) is 30.8 Å². The lowest BCUT2D eigenvalue weighted by Crippen LogP contribution is -2.57. The molecule has 4 unspecified atom stereocenters. The molecular formula is C18H35N3O4. The van der Waals surface area contributed by atoms with Gasteiger partial charge < -0.3 is 18.9 Å². The summed E-state index contributed by atoms with van der Waals surface area (Å²) in [5.41, 5.74) is 8.64. The fourth-order valence-electron chi connectivity index (χ4n) is 2.76. The first-order chi connectivity index (χ1) is 12.3. The first kappa shape index (κ1) is 22.2. The third-order valence-corrected chi connectivity index (χ3v) is 4.30. The molecule has 4 atom stereocenters. The van der Waals surface area contributed by atoms with Gasteiger partial charge in [-0.25, -0.2) is 0 Å². The number of unbranched alkanes of at least 4 members (excludes halogenated alkanes) is 3. The zero-order valence-corrected chi connectivity index (χ0v) is 16.1. The minimum absolute atomic E-state index is 0.141. The Labute approximate surface area is 152 Å². The number of hydrogen-bond acceptors (Lipinski definition) is 5. The Hall–Kier alpha value is -0.850. The molecule has 1 aliphatic rings. The van der Waals surface area contributed by atoms with E-state index < -0.39 is 0 Å². The molecule has 1 saturated heterocycles. The van der Waals surface area contributed by atoms with Crippen molar-refractivity contribution in [2.45, 2.75) is 83.7 Å². The molecule has 0 spiro atoms. The standard InChI is InChI=1S/C18H35N3O4/c1-4-7-10-22-16-14-25-15(13-20-21-19)17(23-11-8-5-2)18(16)24-12-9-6-3/h15-18H,4-14H2,1-3H3. The molecular weight excluding hydrogens is 322 g/mol. The van der Waals surface area contributed by atoms with Gasteiger partial charge in [0.2, 0.25) is 0 Å². The van der Waals surface area contributed by atoms with Gasteiger partial charge in [0.1, 0.15) is 18.3 Å². The zero-order valence-electron chi connectivity index (χ0n) is 16.1. The van der Waals surface area contributed by atoms with Gasteiger partial charge >= 0.3 is 0 Å². The maximum atomic E-state index is 8.64. The number of ether oxygens (including phenoxy) is 4. The van der Waals surface area contributed by atoms with Crippen molar-refractivity contribution in [2.75, 3.05) is 33.0 Å². The molecule has 0 amide bonds. The highest BCUT2D eigenvalue weighted by molar-refractivity contribution is 4.91. The minimum atomic E-state index is -0.287. The third-order valence-electron chi connectivity index (χ3n) is 4.30. The van der Waals surface area contributed by atoms with Gasteiger partial charge in [0.25, 0.3) is 0 Å². The van der Waals surface area contributed by atoms with Crippen LogP contribution in [0.1, 0.15) is 59.3 Å². The Morgan fingerprint density at radius 2 is 1.48 bits per heavy atom. The molecule has 0 aliphatic carbocycles. The van der Waals surface area contributed by atoms with Crippen molar-refractivity contribution < 1.29 is 18.9 Å². The van der Waals surface area contributed by atoms with E-state index in [-0.39, 0.29) is 31.0 Å². The molecule has 0 saturated carbocycles. The summed E-state index contributed by atoms with van der Waals surface area (Å²) < 4.78 is 24.2. The summed E-state index contributed by atoms with van der Waals surface area (Å²) in [4.78, 5) is 2.86. The van der Waals surface area contributed by atoms with Gasteiger partial charge in [0.15, 0.2) is 0 Å². The summed E-state index contributed by atoms with van der Waals surface area (Å²) >= 11 is 0. The molecule has 146 valence electrons. The first-order valence-electron chi connectivity index (χ1n) is 9.75. The largest absolute Gasteiger partial charge is 0.373 e. The van der Waals surface area contributed by atoms with E-state index in [0.29, 0.717) is 26.4 Å². The first-order valence-corrected chi connectivity index (χ1v) is 9.75. The van der Waals surface area contributed by atoms with Gasteiger partial charge in [-0.1, -0.05) is 45.1 Å². The smallest absolute Gasteiger partial charge is 0.115 e. The summed E-state index contributed by atoms with van der Waals surface area (Å²) in [7, 11) is 0. The van der Waals surface area contributed by atoms with E-state index in [1.165, 1.54) is 0 Å². The van der Waals surface area contributed by atoms with Crippen LogP contribution in [-0.2, 0) is 18.9 Å². The Morgan fingerprint density at radius 1 is 0.920 bits per heavy atom. The van der Waals surface area contributed by atoms with Crippen molar-refractivity contribution >= 4 is 0 Å². The van der Waals surface area contributed by atoms with Crippen LogP contribution in [0.15, 0.2) is 5.11 Å². The van der Waals surface area contributed by atoms with E-state index in [4.69, 9.17) is 24.5 Å². The molecule has 0 N–H and O–H groups in total. The highest BCUT2D eigenvalue weighted by Gasteiger charge is 2.42. The maximum absolute atomic E-state index is 8.64. The average molecular weight is 357 g/mol. The van der Waals surface area contributed by atoms with Gasteiger partial charge in [-0.3, -0.25) is 0 Å². The van der Waals surface area contributed by atoms with Gasteiger partial charge in [-0.15, -0.1) is 0 Å². The van der Waals surface area contributed by atoms with Crippen molar-refractivity contribution in [2.24, 2.45) is 5.11 Å². The highest BCUT2D eigenvalue weighted by Crippen LogP contribution is 2.25. The number of azide groups is 1. The molecule has 1 heterocycles. The van der Waals surface area contributed by atoms with Crippen molar-refractivity contribution in [1.29, 1.82) is 0 Å². The Bertz CT molecular complexity index is 377. The molecule has 1 fully saturated rings. The van der Waals surface area contributed by atoms with E-state index in [9.17, 15) is 0 Å². The van der Waals surface area contributed by atoms with Crippen LogP contribution < -0.4 is 0 Å². The van der Waals surface area contributed by atoms with Crippen LogP contribution >= 0.6 is 0 Å². The molecule has 0 radical (unpaired) electrons. The number of nitrogens with zero attached hydrogens (tertiary/aromatic N) is 3. The lowest BCUT2D eigenvalue weighted by molar-refractivity contribution is -0.228. The van der Waals surface area contributed by atoms with Crippen LogP contribution in [0, 0.1) is 0 Å². The molecule has 0 aromatic rings. The third kappa shape index (κ3) is 8.38. The summed E-state index contributed by atoms with van der Waals surface area (Å²) in [5.74, 6) is 0. The number of rotatable bonds is 14. The van der Waals surface area contributed by atoms with E-state index in [1.54, 1.807) is 0 Å². The van der Waals surface area contributed by atoms with Crippen LogP contribution in [0.5, 0.6) is 0 Å². The molecule has 7 nitrogen and oxygen atoms in total. The van der Waals surface area contributed by atoms with Crippen LogP contribution in [0.25, 0.3) is 10.4 Å². The van der Waals surface area contributed by atoms with Crippen molar-refractivity contribution in [1.82, 2.24) is 0 Å². The molecule has 1 rings (SSSR count). The Kier molecular flexibility index (Phi) is 12.7. The Morgan fingerprint density at radius 3 is 2.04 bits per heavy atom. The molecule has 0 aromatic carbocycles. The molecule has 0 bridgehead atoms. The lowest BCUT2D eigenvalue weighted by atomic mass is 9.99. The summed E-state index contributed by atoms with van der Waals surface area (Å²) in [6.07, 6.45) is 5.34. The number of hydrogen-bond donors (Lipinski definition) is 0. The zero-order chi connectivity index (χ0) is 18.3. The average Bonchev–Trinajstić information content (AvgIpc) is 2.62. The van der Waals surface area contributed by atoms with Crippen molar-refractivity contribution in [3.8, 4) is 0 Å². The minimum Gasteiger partial charge on any atom is -0.373 e. The predicted octanol–water partition coefficient (Wildman–Crippen LogP) is 4.25. The van der Waals surface area contributed by atoms with Gasteiger partial charge in [0, 0.05) is 24.7 Å². The topological polar surface area (TPSA) is 85.7 Å². The van der Waals surface area contributed by atoms with E-state index in [1.807, 2.05) is 0 Å². The van der Waals surface area contributed by atoms with Crippen molar-refractivity contribution in [3.05, 3.63) is 10.4 Å². The van der Waals surface area contributed by atoms with Crippen LogP contribution in [0.4, 0.5) is 0 Å². The van der Waals surface area contributed by atoms with E-state index in [0.717, 1.165) is 38.5 Å². The van der Waals surface area contributed by atoms with Crippen LogP contribution in [0.2, 0.25) is 0 Å². The molecule has 1 aliphatic heterocycles.